The van der Waals surface area contributed by atoms with Crippen molar-refractivity contribution in [3.05, 3.63) is 0 Å². The average Bonchev–Trinajstić information content (AvgIpc) is 2.64. The lowest BCUT2D eigenvalue weighted by Gasteiger charge is -2.16. The molecule has 2 amide bonds. The molecule has 0 saturated carbocycles. The quantitative estimate of drug-likeness (QED) is 0.445. The van der Waals surface area contributed by atoms with Gasteiger partial charge in [-0.25, -0.2) is 4.79 Å². The first-order valence-electron chi connectivity index (χ1n) is 4.98. The normalized spacial score (nSPS) is 21.3. The summed E-state index contributed by atoms with van der Waals surface area (Å²) in [5.74, 6) is -1.94. The number of hydrogen-bond acceptors (Lipinski definition) is 4. The molecule has 4 N–H and O–H groups in total. The molecule has 1 aliphatic rings. The van der Waals surface area contributed by atoms with E-state index in [2.05, 4.69) is 10.6 Å². The minimum atomic E-state index is -1.20. The van der Waals surface area contributed by atoms with Crippen molar-refractivity contribution in [2.24, 2.45) is 0 Å². The Morgan fingerprint density at radius 3 is 2.69 bits per heavy atom. The summed E-state index contributed by atoms with van der Waals surface area (Å²) in [6.07, 6.45) is 0.591. The van der Waals surface area contributed by atoms with E-state index < -0.39 is 24.0 Å². The fourth-order valence-electron chi connectivity index (χ4n) is 1.47. The number of carboxylic acid groups (broad SMARTS) is 1. The Morgan fingerprint density at radius 1 is 1.56 bits per heavy atom. The average molecular weight is 230 g/mol. The maximum Gasteiger partial charge on any atom is 0.326 e. The van der Waals surface area contributed by atoms with E-state index in [4.69, 9.17) is 10.2 Å². The van der Waals surface area contributed by atoms with E-state index in [0.29, 0.717) is 6.42 Å². The van der Waals surface area contributed by atoms with Crippen LogP contribution in [0, 0.1) is 0 Å². The van der Waals surface area contributed by atoms with Crippen LogP contribution in [0.2, 0.25) is 0 Å². The van der Waals surface area contributed by atoms with E-state index in [1.807, 2.05) is 0 Å². The number of carboxylic acids is 1. The molecule has 0 aliphatic carbocycles. The highest BCUT2D eigenvalue weighted by Crippen LogP contribution is 2.07. The number of carbonyl (C=O) groups excluding carboxylic acids is 2. The van der Waals surface area contributed by atoms with Gasteiger partial charge in [-0.05, 0) is 6.42 Å². The molecule has 1 aliphatic heterocycles. The largest absolute Gasteiger partial charge is 0.480 e. The molecule has 2 atom stereocenters. The van der Waals surface area contributed by atoms with E-state index in [-0.39, 0.29) is 25.4 Å². The lowest BCUT2D eigenvalue weighted by Crippen LogP contribution is -2.49. The summed E-state index contributed by atoms with van der Waals surface area (Å²) in [4.78, 5) is 33.1. The first-order valence-corrected chi connectivity index (χ1v) is 4.98. The summed E-state index contributed by atoms with van der Waals surface area (Å²) in [5, 5.41) is 22.1. The van der Waals surface area contributed by atoms with Crippen molar-refractivity contribution in [2.75, 3.05) is 6.61 Å². The van der Waals surface area contributed by atoms with Crippen molar-refractivity contribution in [1.82, 2.24) is 10.6 Å². The summed E-state index contributed by atoms with van der Waals surface area (Å²) in [6.45, 7) is -0.325. The molecule has 0 bridgehead atoms. The van der Waals surface area contributed by atoms with E-state index in [1.165, 1.54) is 0 Å². The molecule has 90 valence electrons. The standard InChI is InChI=1S/C9H14N2O5/c12-4-3-6(9(15)16)11-8(14)5-1-2-7(13)10-5/h5-6,12H,1-4H2,(H,10,13)(H,11,14)(H,15,16)/t5?,6-/m1/s1. The monoisotopic (exact) mass is 230 g/mol. The van der Waals surface area contributed by atoms with Crippen LogP contribution >= 0.6 is 0 Å². The van der Waals surface area contributed by atoms with Crippen molar-refractivity contribution in [3.63, 3.8) is 0 Å². The topological polar surface area (TPSA) is 116 Å². The summed E-state index contributed by atoms with van der Waals surface area (Å²) >= 11 is 0. The lowest BCUT2D eigenvalue weighted by atomic mass is 10.1. The molecule has 0 spiro atoms. The Balaban J connectivity index is 2.48. The minimum Gasteiger partial charge on any atom is -0.480 e. The van der Waals surface area contributed by atoms with Gasteiger partial charge in [-0.3, -0.25) is 9.59 Å². The van der Waals surface area contributed by atoms with Crippen LogP contribution in [0.5, 0.6) is 0 Å². The molecule has 1 saturated heterocycles. The predicted molar refractivity (Wildman–Crippen MR) is 52.4 cm³/mol. The second-order valence-electron chi connectivity index (χ2n) is 3.57. The fraction of sp³-hybridized carbons (Fsp3) is 0.667. The van der Waals surface area contributed by atoms with Gasteiger partial charge in [0, 0.05) is 19.4 Å². The van der Waals surface area contributed by atoms with Crippen molar-refractivity contribution in [3.8, 4) is 0 Å². The van der Waals surface area contributed by atoms with Gasteiger partial charge in [-0.15, -0.1) is 0 Å². The van der Waals surface area contributed by atoms with Crippen LogP contribution in [0.1, 0.15) is 19.3 Å². The molecule has 7 heteroatoms. The van der Waals surface area contributed by atoms with Crippen LogP contribution in [0.4, 0.5) is 0 Å². The van der Waals surface area contributed by atoms with Gasteiger partial charge in [0.05, 0.1) is 0 Å². The Kier molecular flexibility index (Phi) is 4.24. The first-order chi connectivity index (χ1) is 7.54. The number of amides is 2. The van der Waals surface area contributed by atoms with Gasteiger partial charge in [0.15, 0.2) is 0 Å². The smallest absolute Gasteiger partial charge is 0.326 e. The molecular weight excluding hydrogens is 216 g/mol. The van der Waals surface area contributed by atoms with Crippen molar-refractivity contribution < 1.29 is 24.6 Å². The Morgan fingerprint density at radius 2 is 2.25 bits per heavy atom. The third kappa shape index (κ3) is 3.20. The van der Waals surface area contributed by atoms with Crippen LogP contribution in [0.15, 0.2) is 0 Å². The van der Waals surface area contributed by atoms with Gasteiger partial charge in [0.2, 0.25) is 11.8 Å². The molecule has 1 fully saturated rings. The zero-order chi connectivity index (χ0) is 12.1. The van der Waals surface area contributed by atoms with E-state index in [9.17, 15) is 14.4 Å². The SMILES string of the molecule is O=C1CCC(C(=O)N[C@H](CCO)C(=O)O)N1. The zero-order valence-corrected chi connectivity index (χ0v) is 8.60. The molecule has 1 rings (SSSR count). The molecule has 1 unspecified atom stereocenters. The van der Waals surface area contributed by atoms with E-state index in [0.717, 1.165) is 0 Å². The van der Waals surface area contributed by atoms with Crippen LogP contribution in [0.25, 0.3) is 0 Å². The third-order valence-corrected chi connectivity index (χ3v) is 2.34. The number of aliphatic hydroxyl groups excluding tert-OH is 1. The Labute approximate surface area is 91.8 Å². The highest BCUT2D eigenvalue weighted by Gasteiger charge is 2.29. The molecule has 0 radical (unpaired) electrons. The number of carbonyl (C=O) groups is 3. The summed E-state index contributed by atoms with van der Waals surface area (Å²) in [5.41, 5.74) is 0. The Hall–Kier alpha value is -1.63. The highest BCUT2D eigenvalue weighted by molar-refractivity contribution is 5.92. The maximum atomic E-state index is 11.5. The van der Waals surface area contributed by atoms with Gasteiger partial charge in [-0.1, -0.05) is 0 Å². The van der Waals surface area contributed by atoms with Crippen LogP contribution in [-0.2, 0) is 14.4 Å². The number of aliphatic carboxylic acids is 1. The molecule has 16 heavy (non-hydrogen) atoms. The number of rotatable bonds is 5. The van der Waals surface area contributed by atoms with Gasteiger partial charge in [0.25, 0.3) is 0 Å². The molecular formula is C9H14N2O5. The maximum absolute atomic E-state index is 11.5. The predicted octanol–water partition coefficient (Wildman–Crippen LogP) is -1.78. The van der Waals surface area contributed by atoms with E-state index >= 15 is 0 Å². The van der Waals surface area contributed by atoms with Gasteiger partial charge < -0.3 is 20.8 Å². The number of nitrogens with one attached hydrogen (secondary N) is 2. The molecule has 0 aromatic heterocycles. The third-order valence-electron chi connectivity index (χ3n) is 2.34. The fourth-order valence-corrected chi connectivity index (χ4v) is 1.47. The van der Waals surface area contributed by atoms with Gasteiger partial charge in [0.1, 0.15) is 12.1 Å². The summed E-state index contributed by atoms with van der Waals surface area (Å²) in [7, 11) is 0. The van der Waals surface area contributed by atoms with Crippen molar-refractivity contribution >= 4 is 17.8 Å². The van der Waals surface area contributed by atoms with Crippen molar-refractivity contribution in [2.45, 2.75) is 31.3 Å². The summed E-state index contributed by atoms with van der Waals surface area (Å²) in [6, 6.07) is -1.77. The molecule has 1 heterocycles. The zero-order valence-electron chi connectivity index (χ0n) is 8.60. The highest BCUT2D eigenvalue weighted by atomic mass is 16.4. The number of aliphatic hydroxyl groups is 1. The van der Waals surface area contributed by atoms with Crippen LogP contribution in [-0.4, -0.2) is 46.7 Å². The van der Waals surface area contributed by atoms with Crippen LogP contribution < -0.4 is 10.6 Å². The minimum absolute atomic E-state index is 0.0538. The van der Waals surface area contributed by atoms with Gasteiger partial charge in [-0.2, -0.15) is 0 Å². The second-order valence-corrected chi connectivity index (χ2v) is 3.57. The Bertz CT molecular complexity index is 304. The first kappa shape index (κ1) is 12.4. The lowest BCUT2D eigenvalue weighted by molar-refractivity contribution is -0.142. The van der Waals surface area contributed by atoms with Crippen molar-refractivity contribution in [1.29, 1.82) is 0 Å². The second kappa shape index (κ2) is 5.45. The van der Waals surface area contributed by atoms with Crippen LogP contribution in [0.3, 0.4) is 0 Å². The number of hydrogen-bond donors (Lipinski definition) is 4. The molecule has 0 aromatic carbocycles. The van der Waals surface area contributed by atoms with E-state index in [1.54, 1.807) is 0 Å². The van der Waals surface area contributed by atoms with Gasteiger partial charge >= 0.3 is 5.97 Å². The molecule has 7 nitrogen and oxygen atoms in total. The molecule has 0 aromatic rings. The summed E-state index contributed by atoms with van der Waals surface area (Å²) < 4.78 is 0.